The minimum atomic E-state index is -0.756. The third-order valence-electron chi connectivity index (χ3n) is 6.86. The minimum Gasteiger partial charge on any atom is -0.378 e. The number of amides is 1. The van der Waals surface area contributed by atoms with Crippen molar-refractivity contribution in [3.8, 4) is 22.4 Å². The molecule has 1 saturated heterocycles. The topological polar surface area (TPSA) is 107 Å². The number of halogens is 3. The number of methoxy groups -OCH3 is 1. The van der Waals surface area contributed by atoms with E-state index in [1.165, 1.54) is 24.3 Å². The number of primary amides is 1. The molecule has 2 unspecified atom stereocenters. The van der Waals surface area contributed by atoms with Crippen LogP contribution in [0.15, 0.2) is 48.5 Å². The Kier molecular flexibility index (Phi) is 7.00. The number of hydrogen-bond acceptors (Lipinski definition) is 6. The van der Waals surface area contributed by atoms with E-state index >= 15 is 0 Å². The fourth-order valence-corrected chi connectivity index (χ4v) is 5.26. The number of aryl methyl sites for hydroxylation is 1. The molecule has 0 radical (unpaired) electrons. The van der Waals surface area contributed by atoms with E-state index in [4.69, 9.17) is 27.8 Å². The van der Waals surface area contributed by atoms with Gasteiger partial charge < -0.3 is 21.1 Å². The second-order valence-electron chi connectivity index (χ2n) is 9.53. The van der Waals surface area contributed by atoms with Crippen LogP contribution in [0.1, 0.15) is 22.3 Å². The van der Waals surface area contributed by atoms with Gasteiger partial charge in [0.1, 0.15) is 17.3 Å². The van der Waals surface area contributed by atoms with E-state index in [2.05, 4.69) is 15.1 Å². The number of ether oxygens (including phenoxy) is 1. The maximum atomic E-state index is 14.5. The van der Waals surface area contributed by atoms with Crippen LogP contribution in [0.5, 0.6) is 0 Å². The zero-order valence-electron chi connectivity index (χ0n) is 20.8. The maximum absolute atomic E-state index is 14.5. The molecular weight excluding hydrogens is 512 g/mol. The molecule has 1 amide bonds. The molecule has 0 saturated carbocycles. The number of anilines is 1. The van der Waals surface area contributed by atoms with Crippen LogP contribution in [0.25, 0.3) is 33.3 Å². The standard InChI is InChI=1S/C28H26ClF2N5O2/c1-14-5-16(9-18(30)6-14)26-27(36-4-3-23(32)25(13-36)38-2)21-11-20(22(29)12-24(21)34-35-26)15-7-17(28(33)37)10-19(31)8-15/h5-12,23,25H,3-4,13,32H2,1-2H3,(H2,33,37). The summed E-state index contributed by atoms with van der Waals surface area (Å²) in [7, 11) is 1.62. The Morgan fingerprint density at radius 3 is 2.50 bits per heavy atom. The molecule has 2 atom stereocenters. The monoisotopic (exact) mass is 537 g/mol. The number of fused-ring (bicyclic) bond motifs is 1. The summed E-state index contributed by atoms with van der Waals surface area (Å²) in [5, 5.41) is 9.85. The van der Waals surface area contributed by atoms with Gasteiger partial charge in [-0.25, -0.2) is 8.78 Å². The molecule has 7 nitrogen and oxygen atoms in total. The molecule has 38 heavy (non-hydrogen) atoms. The van der Waals surface area contributed by atoms with Crippen LogP contribution in [0.2, 0.25) is 5.02 Å². The number of nitrogens with two attached hydrogens (primary N) is 2. The lowest BCUT2D eigenvalue weighted by Gasteiger charge is -2.38. The Morgan fingerprint density at radius 1 is 1.05 bits per heavy atom. The van der Waals surface area contributed by atoms with Gasteiger partial charge in [0.2, 0.25) is 5.91 Å². The van der Waals surface area contributed by atoms with E-state index in [0.29, 0.717) is 63.5 Å². The van der Waals surface area contributed by atoms with Gasteiger partial charge in [0.05, 0.1) is 22.3 Å². The Balaban J connectivity index is 1.78. The van der Waals surface area contributed by atoms with Crippen LogP contribution in [0, 0.1) is 18.6 Å². The summed E-state index contributed by atoms with van der Waals surface area (Å²) in [4.78, 5) is 13.9. The number of carbonyl (C=O) groups is 1. The van der Waals surface area contributed by atoms with Crippen molar-refractivity contribution in [2.75, 3.05) is 25.1 Å². The zero-order chi connectivity index (χ0) is 27.1. The summed E-state index contributed by atoms with van der Waals surface area (Å²) < 4.78 is 34.5. The highest BCUT2D eigenvalue weighted by Crippen LogP contribution is 2.41. The molecule has 5 rings (SSSR count). The smallest absolute Gasteiger partial charge is 0.248 e. The number of hydrogen-bond donors (Lipinski definition) is 2. The third-order valence-corrected chi connectivity index (χ3v) is 7.17. The molecule has 196 valence electrons. The second-order valence-corrected chi connectivity index (χ2v) is 9.94. The lowest BCUT2D eigenvalue weighted by molar-refractivity contribution is 0.0731. The van der Waals surface area contributed by atoms with Crippen LogP contribution in [-0.4, -0.2) is 48.4 Å². The molecule has 2 heterocycles. The number of benzene rings is 3. The van der Waals surface area contributed by atoms with Crippen molar-refractivity contribution < 1.29 is 18.3 Å². The van der Waals surface area contributed by atoms with Gasteiger partial charge in [0, 0.05) is 48.3 Å². The van der Waals surface area contributed by atoms with E-state index in [9.17, 15) is 13.6 Å². The van der Waals surface area contributed by atoms with Crippen LogP contribution in [0.4, 0.5) is 14.5 Å². The first-order chi connectivity index (χ1) is 18.1. The van der Waals surface area contributed by atoms with Crippen molar-refractivity contribution >= 4 is 34.1 Å². The molecule has 0 spiro atoms. The second kappa shape index (κ2) is 10.2. The molecular formula is C28H26ClF2N5O2. The SMILES string of the molecule is COC1CN(c2c(-c3cc(C)cc(F)c3)nnc3cc(Cl)c(-c4cc(F)cc(C(N)=O)c4)cc23)CCC1N. The molecule has 1 aromatic heterocycles. The number of carbonyl (C=O) groups excluding carboxylic acids is 1. The Hall–Kier alpha value is -3.66. The number of nitrogens with zero attached hydrogens (tertiary/aromatic N) is 3. The summed E-state index contributed by atoms with van der Waals surface area (Å²) in [5.74, 6) is -1.77. The normalized spacial score (nSPS) is 17.7. The minimum absolute atomic E-state index is 0.0214. The summed E-state index contributed by atoms with van der Waals surface area (Å²) in [6.45, 7) is 2.89. The molecule has 1 fully saturated rings. The van der Waals surface area contributed by atoms with Crippen molar-refractivity contribution in [3.63, 3.8) is 0 Å². The van der Waals surface area contributed by atoms with E-state index < -0.39 is 11.7 Å². The molecule has 1 aliphatic heterocycles. The van der Waals surface area contributed by atoms with Gasteiger partial charge in [0.25, 0.3) is 0 Å². The summed E-state index contributed by atoms with van der Waals surface area (Å²) in [6.07, 6.45) is 0.429. The lowest BCUT2D eigenvalue weighted by Crippen LogP contribution is -2.51. The first-order valence-corrected chi connectivity index (χ1v) is 12.4. The van der Waals surface area contributed by atoms with Gasteiger partial charge in [-0.05, 0) is 73.0 Å². The van der Waals surface area contributed by atoms with Gasteiger partial charge >= 0.3 is 0 Å². The van der Waals surface area contributed by atoms with Gasteiger partial charge in [-0.2, -0.15) is 0 Å². The Labute approximate surface area is 223 Å². The molecule has 3 aromatic carbocycles. The van der Waals surface area contributed by atoms with Crippen LogP contribution in [-0.2, 0) is 4.74 Å². The summed E-state index contributed by atoms with van der Waals surface area (Å²) in [6, 6.07) is 11.8. The predicted octanol–water partition coefficient (Wildman–Crippen LogP) is 4.86. The van der Waals surface area contributed by atoms with Crippen LogP contribution < -0.4 is 16.4 Å². The lowest BCUT2D eigenvalue weighted by atomic mass is 9.96. The van der Waals surface area contributed by atoms with Gasteiger partial charge in [-0.3, -0.25) is 4.79 Å². The average molecular weight is 538 g/mol. The molecule has 0 aliphatic carbocycles. The fraction of sp³-hybridized carbons (Fsp3) is 0.250. The quantitative estimate of drug-likeness (QED) is 0.377. The number of rotatable bonds is 5. The van der Waals surface area contributed by atoms with Crippen LogP contribution >= 0.6 is 11.6 Å². The highest BCUT2D eigenvalue weighted by Gasteiger charge is 2.30. The highest BCUT2D eigenvalue weighted by molar-refractivity contribution is 6.34. The van der Waals surface area contributed by atoms with Crippen molar-refractivity contribution in [2.24, 2.45) is 11.5 Å². The molecule has 1 aliphatic rings. The first kappa shape index (κ1) is 26.0. The highest BCUT2D eigenvalue weighted by atomic mass is 35.5. The van der Waals surface area contributed by atoms with Crippen molar-refractivity contribution in [2.45, 2.75) is 25.5 Å². The van der Waals surface area contributed by atoms with Gasteiger partial charge in [-0.1, -0.05) is 11.6 Å². The molecule has 10 heteroatoms. The van der Waals surface area contributed by atoms with E-state index in [1.54, 1.807) is 26.2 Å². The van der Waals surface area contributed by atoms with E-state index in [1.807, 2.05) is 6.07 Å². The zero-order valence-corrected chi connectivity index (χ0v) is 21.6. The third kappa shape index (κ3) is 4.92. The Bertz CT molecular complexity index is 1540. The largest absolute Gasteiger partial charge is 0.378 e. The van der Waals surface area contributed by atoms with Crippen molar-refractivity contribution in [1.29, 1.82) is 0 Å². The fourth-order valence-electron chi connectivity index (χ4n) is 5.00. The first-order valence-electron chi connectivity index (χ1n) is 12.1. The average Bonchev–Trinajstić information content (AvgIpc) is 2.87. The summed E-state index contributed by atoms with van der Waals surface area (Å²) >= 11 is 6.62. The number of aromatic nitrogens is 2. The molecule has 4 aromatic rings. The van der Waals surface area contributed by atoms with Crippen LogP contribution in [0.3, 0.4) is 0 Å². The van der Waals surface area contributed by atoms with Gasteiger partial charge in [-0.15, -0.1) is 10.2 Å². The van der Waals surface area contributed by atoms with Crippen molar-refractivity contribution in [3.05, 3.63) is 76.3 Å². The van der Waals surface area contributed by atoms with E-state index in [0.717, 1.165) is 11.6 Å². The summed E-state index contributed by atoms with van der Waals surface area (Å²) in [5.41, 5.74) is 15.6. The predicted molar refractivity (Wildman–Crippen MR) is 144 cm³/mol. The molecule has 0 bridgehead atoms. The maximum Gasteiger partial charge on any atom is 0.248 e. The number of piperidine rings is 1. The Morgan fingerprint density at radius 2 is 1.79 bits per heavy atom. The van der Waals surface area contributed by atoms with Crippen molar-refractivity contribution in [1.82, 2.24) is 10.2 Å². The van der Waals surface area contributed by atoms with E-state index in [-0.39, 0.29) is 23.5 Å². The van der Waals surface area contributed by atoms with Gasteiger partial charge in [0.15, 0.2) is 0 Å². The molecule has 4 N–H and O–H groups in total.